The van der Waals surface area contributed by atoms with Crippen LogP contribution in [0, 0.1) is 5.41 Å². The maximum Gasteiger partial charge on any atom is 0.308 e. The highest BCUT2D eigenvalue weighted by molar-refractivity contribution is 7.80. The Morgan fingerprint density at radius 1 is 1.30 bits per heavy atom. The normalized spacial score (nSPS) is 17.1. The van der Waals surface area contributed by atoms with Crippen molar-refractivity contribution >= 4 is 35.1 Å². The number of carbonyl (C=O) groups is 3. The number of rotatable bonds is 4. The van der Waals surface area contributed by atoms with Crippen molar-refractivity contribution in [3.63, 3.8) is 0 Å². The van der Waals surface area contributed by atoms with Crippen LogP contribution < -0.4 is 10.6 Å². The van der Waals surface area contributed by atoms with Crippen molar-refractivity contribution in [2.24, 2.45) is 5.41 Å². The second kappa shape index (κ2) is 8.94. The van der Waals surface area contributed by atoms with Gasteiger partial charge in [0, 0.05) is 18.5 Å². The molecule has 0 aliphatic carbocycles. The first-order chi connectivity index (χ1) is 12.7. The van der Waals surface area contributed by atoms with Crippen LogP contribution in [-0.2, 0) is 25.7 Å². The molecule has 2 rings (SSSR count). The molecule has 1 aromatic rings. The molecule has 0 spiro atoms. The van der Waals surface area contributed by atoms with E-state index in [1.807, 2.05) is 30.3 Å². The van der Waals surface area contributed by atoms with E-state index in [0.29, 0.717) is 13.1 Å². The number of amides is 2. The molecule has 1 heterocycles. The first kappa shape index (κ1) is 20.8. The number of thiocarbonyl (C=S) groups is 1. The smallest absolute Gasteiger partial charge is 0.308 e. The molecule has 146 valence electrons. The summed E-state index contributed by atoms with van der Waals surface area (Å²) in [6.07, 6.45) is -0.149. The summed E-state index contributed by atoms with van der Waals surface area (Å²) >= 11 is 5.31. The third-order valence-electron chi connectivity index (χ3n) is 4.10. The number of nitrogens with zero attached hydrogens (tertiary/aromatic N) is 1. The Morgan fingerprint density at radius 2 is 1.96 bits per heavy atom. The van der Waals surface area contributed by atoms with Crippen LogP contribution >= 0.6 is 12.2 Å². The largest absolute Gasteiger partial charge is 0.461 e. The maximum atomic E-state index is 12.3. The summed E-state index contributed by atoms with van der Waals surface area (Å²) in [6, 6.07) is 8.48. The van der Waals surface area contributed by atoms with Crippen molar-refractivity contribution in [1.29, 1.82) is 0 Å². The van der Waals surface area contributed by atoms with E-state index < -0.39 is 17.4 Å². The van der Waals surface area contributed by atoms with Gasteiger partial charge >= 0.3 is 5.97 Å². The molecule has 0 saturated carbocycles. The Morgan fingerprint density at radius 3 is 2.59 bits per heavy atom. The third kappa shape index (κ3) is 6.02. The van der Waals surface area contributed by atoms with Crippen LogP contribution in [0.4, 0.5) is 0 Å². The number of esters is 1. The van der Waals surface area contributed by atoms with Crippen molar-refractivity contribution in [2.45, 2.75) is 39.8 Å². The van der Waals surface area contributed by atoms with Crippen LogP contribution in [0.15, 0.2) is 30.3 Å². The molecule has 1 aliphatic rings. The first-order valence-corrected chi connectivity index (χ1v) is 9.18. The van der Waals surface area contributed by atoms with Crippen molar-refractivity contribution < 1.29 is 19.1 Å². The highest BCUT2D eigenvalue weighted by atomic mass is 32.1. The van der Waals surface area contributed by atoms with Gasteiger partial charge in [-0.2, -0.15) is 0 Å². The summed E-state index contributed by atoms with van der Waals surface area (Å²) in [4.78, 5) is 38.2. The molecular formula is C19H25N3O4S. The van der Waals surface area contributed by atoms with Crippen LogP contribution in [0.5, 0.6) is 0 Å². The van der Waals surface area contributed by atoms with Gasteiger partial charge in [0.05, 0.1) is 6.42 Å². The van der Waals surface area contributed by atoms with Gasteiger partial charge in [-0.3, -0.25) is 14.4 Å². The Hall–Kier alpha value is -2.48. The molecule has 0 aromatic heterocycles. The average molecular weight is 391 g/mol. The quantitative estimate of drug-likeness (QED) is 0.595. The fourth-order valence-electron chi connectivity index (χ4n) is 2.47. The van der Waals surface area contributed by atoms with E-state index >= 15 is 0 Å². The van der Waals surface area contributed by atoms with E-state index in [1.165, 1.54) is 0 Å². The van der Waals surface area contributed by atoms with Crippen LogP contribution in [-0.4, -0.2) is 46.9 Å². The Kier molecular flexibility index (Phi) is 6.90. The van der Waals surface area contributed by atoms with Gasteiger partial charge in [-0.15, -0.1) is 0 Å². The van der Waals surface area contributed by atoms with Gasteiger partial charge in [-0.1, -0.05) is 51.1 Å². The predicted molar refractivity (Wildman–Crippen MR) is 105 cm³/mol. The molecule has 1 aromatic carbocycles. The fourth-order valence-corrected chi connectivity index (χ4v) is 2.78. The van der Waals surface area contributed by atoms with Crippen LogP contribution in [0.25, 0.3) is 0 Å². The predicted octanol–water partition coefficient (Wildman–Crippen LogP) is 1.37. The van der Waals surface area contributed by atoms with Crippen LogP contribution in [0.3, 0.4) is 0 Å². The van der Waals surface area contributed by atoms with Gasteiger partial charge in [0.25, 0.3) is 0 Å². The Balaban J connectivity index is 1.98. The molecule has 8 heteroatoms. The van der Waals surface area contributed by atoms with E-state index in [0.717, 1.165) is 5.56 Å². The van der Waals surface area contributed by atoms with Gasteiger partial charge in [0.1, 0.15) is 12.6 Å². The molecule has 1 saturated heterocycles. The lowest BCUT2D eigenvalue weighted by atomic mass is 9.96. The lowest BCUT2D eigenvalue weighted by molar-refractivity contribution is -0.148. The molecule has 1 fully saturated rings. The molecule has 0 bridgehead atoms. The molecule has 2 amide bonds. The fraction of sp³-hybridized carbons (Fsp3) is 0.474. The minimum Gasteiger partial charge on any atom is -0.461 e. The number of piperazine rings is 1. The number of nitrogens with one attached hydrogen (secondary N) is 2. The van der Waals surface area contributed by atoms with E-state index in [9.17, 15) is 14.4 Å². The molecule has 1 aliphatic heterocycles. The number of benzene rings is 1. The van der Waals surface area contributed by atoms with Gasteiger partial charge < -0.3 is 20.3 Å². The Bertz CT molecular complexity index is 715. The van der Waals surface area contributed by atoms with E-state index in [4.69, 9.17) is 17.0 Å². The third-order valence-corrected chi connectivity index (χ3v) is 4.43. The lowest BCUT2D eigenvalue weighted by Crippen LogP contribution is -2.61. The molecule has 1 atom stereocenters. The zero-order valence-electron chi connectivity index (χ0n) is 15.8. The van der Waals surface area contributed by atoms with Gasteiger partial charge in [-0.25, -0.2) is 0 Å². The summed E-state index contributed by atoms with van der Waals surface area (Å²) in [5.74, 6) is -1.06. The second-order valence-electron chi connectivity index (χ2n) is 7.36. The van der Waals surface area contributed by atoms with Gasteiger partial charge in [0.2, 0.25) is 11.8 Å². The summed E-state index contributed by atoms with van der Waals surface area (Å²) in [6.45, 7) is 6.25. The van der Waals surface area contributed by atoms with E-state index in [-0.39, 0.29) is 30.0 Å². The number of hydrogen-bond acceptors (Lipinski definition) is 5. The highest BCUT2D eigenvalue weighted by Crippen LogP contribution is 2.15. The number of hydrogen-bond donors (Lipinski definition) is 2. The average Bonchev–Trinajstić information content (AvgIpc) is 2.61. The lowest BCUT2D eigenvalue weighted by Gasteiger charge is -2.36. The second-order valence-corrected chi connectivity index (χ2v) is 7.75. The standard InChI is InChI=1S/C19H25N3O4S/c1-19(2,3)17(25)21-18(27)22-10-9-20-16(24)14(22)11-15(23)26-12-13-7-5-4-6-8-13/h4-8,14H,9-12H2,1-3H3,(H,20,24)(H,21,25,27)/t14-/m0/s1. The topological polar surface area (TPSA) is 87.7 Å². The van der Waals surface area contributed by atoms with Crippen LogP contribution in [0.1, 0.15) is 32.8 Å². The highest BCUT2D eigenvalue weighted by Gasteiger charge is 2.35. The van der Waals surface area contributed by atoms with Crippen molar-refractivity contribution in [1.82, 2.24) is 15.5 Å². The van der Waals surface area contributed by atoms with E-state index in [1.54, 1.807) is 25.7 Å². The van der Waals surface area contributed by atoms with Crippen molar-refractivity contribution in [2.75, 3.05) is 13.1 Å². The van der Waals surface area contributed by atoms with Crippen LogP contribution in [0.2, 0.25) is 0 Å². The summed E-state index contributed by atoms with van der Waals surface area (Å²) < 4.78 is 5.27. The first-order valence-electron chi connectivity index (χ1n) is 8.78. The molecule has 0 unspecified atom stereocenters. The van der Waals surface area contributed by atoms with E-state index in [2.05, 4.69) is 10.6 Å². The molecule has 0 radical (unpaired) electrons. The Labute approximate surface area is 164 Å². The number of ether oxygens (including phenoxy) is 1. The zero-order chi connectivity index (χ0) is 20.0. The van der Waals surface area contributed by atoms with Crippen molar-refractivity contribution in [3.8, 4) is 0 Å². The molecule has 2 N–H and O–H groups in total. The summed E-state index contributed by atoms with van der Waals surface area (Å²) in [7, 11) is 0. The molecular weight excluding hydrogens is 366 g/mol. The molecule has 27 heavy (non-hydrogen) atoms. The van der Waals surface area contributed by atoms with Crippen molar-refractivity contribution in [3.05, 3.63) is 35.9 Å². The summed E-state index contributed by atoms with van der Waals surface area (Å²) in [5.41, 5.74) is 0.246. The minimum absolute atomic E-state index is 0.138. The SMILES string of the molecule is CC(C)(C)C(=O)NC(=S)N1CCNC(=O)[C@@H]1CC(=O)OCc1ccccc1. The molecule has 7 nitrogen and oxygen atoms in total. The maximum absolute atomic E-state index is 12.3. The summed E-state index contributed by atoms with van der Waals surface area (Å²) in [5, 5.41) is 5.52. The van der Waals surface area contributed by atoms with Gasteiger partial charge in [0.15, 0.2) is 5.11 Å². The zero-order valence-corrected chi connectivity index (χ0v) is 16.6. The minimum atomic E-state index is -0.810. The van der Waals surface area contributed by atoms with Gasteiger partial charge in [-0.05, 0) is 17.8 Å². The number of carbonyl (C=O) groups excluding carboxylic acids is 3. The monoisotopic (exact) mass is 391 g/mol.